The van der Waals surface area contributed by atoms with E-state index in [0.29, 0.717) is 5.56 Å². The van der Waals surface area contributed by atoms with Crippen LogP contribution in [0.1, 0.15) is 17.5 Å². The molecule has 11 heteroatoms. The predicted molar refractivity (Wildman–Crippen MR) is 96.0 cm³/mol. The summed E-state index contributed by atoms with van der Waals surface area (Å²) in [7, 11) is 0. The number of hydrogen-bond acceptors (Lipinski definition) is 4. The van der Waals surface area contributed by atoms with E-state index in [1.165, 1.54) is 22.9 Å². The maximum atomic E-state index is 14.0. The summed E-state index contributed by atoms with van der Waals surface area (Å²) < 4.78 is 47.2. The molecule has 0 fully saturated rings. The van der Waals surface area contributed by atoms with E-state index in [0.717, 1.165) is 30.6 Å². The van der Waals surface area contributed by atoms with E-state index in [1.54, 1.807) is 12.1 Å². The molecule has 0 saturated heterocycles. The summed E-state index contributed by atoms with van der Waals surface area (Å²) in [5, 5.41) is 10.3. The van der Waals surface area contributed by atoms with Crippen molar-refractivity contribution in [1.82, 2.24) is 14.9 Å². The van der Waals surface area contributed by atoms with Crippen molar-refractivity contribution in [3.8, 4) is 0 Å². The lowest BCUT2D eigenvalue weighted by atomic mass is 9.98. The number of benzene rings is 1. The quantitative estimate of drug-likeness (QED) is 0.663. The average molecular weight is 415 g/mol. The number of carbonyl (C=O) groups is 1. The Kier molecular flexibility index (Phi) is 7.10. The van der Waals surface area contributed by atoms with Crippen LogP contribution in [-0.2, 0) is 11.3 Å². The van der Waals surface area contributed by atoms with Crippen LogP contribution < -0.4 is 16.6 Å². The fourth-order valence-electron chi connectivity index (χ4n) is 2.55. The molecule has 29 heavy (non-hydrogen) atoms. The summed E-state index contributed by atoms with van der Waals surface area (Å²) in [6.07, 6.45) is -0.884. The second-order valence-corrected chi connectivity index (χ2v) is 6.04. The highest BCUT2D eigenvalue weighted by atomic mass is 19.4. The Hall–Kier alpha value is -3.21. The second-order valence-electron chi connectivity index (χ2n) is 6.04. The molecule has 3 N–H and O–H groups in total. The van der Waals surface area contributed by atoms with Crippen molar-refractivity contribution in [2.45, 2.75) is 19.1 Å². The van der Waals surface area contributed by atoms with Crippen molar-refractivity contribution in [3.05, 3.63) is 74.3 Å². The Labute approximate surface area is 161 Å². The number of halogens is 4. The van der Waals surface area contributed by atoms with Crippen molar-refractivity contribution in [2.75, 3.05) is 13.1 Å². The Morgan fingerprint density at radius 1 is 1.21 bits per heavy atom. The largest absolute Gasteiger partial charge is 0.490 e. The zero-order valence-corrected chi connectivity index (χ0v) is 14.9. The molecule has 3 rings (SSSR count). The molecular weight excluding hydrogens is 398 g/mol. The maximum Gasteiger partial charge on any atom is 0.490 e. The van der Waals surface area contributed by atoms with Gasteiger partial charge in [0.15, 0.2) is 0 Å². The van der Waals surface area contributed by atoms with Crippen molar-refractivity contribution >= 4 is 11.5 Å². The molecule has 0 unspecified atom stereocenters. The van der Waals surface area contributed by atoms with E-state index in [-0.39, 0.29) is 12.4 Å². The molecule has 0 bridgehead atoms. The first-order valence-electron chi connectivity index (χ1n) is 8.36. The molecule has 1 aliphatic rings. The van der Waals surface area contributed by atoms with Gasteiger partial charge >= 0.3 is 17.8 Å². The number of H-pyrrole nitrogens is 1. The highest BCUT2D eigenvalue weighted by molar-refractivity contribution is 5.73. The van der Waals surface area contributed by atoms with Crippen LogP contribution in [0.25, 0.3) is 5.57 Å². The molecule has 0 saturated carbocycles. The van der Waals surface area contributed by atoms with Gasteiger partial charge in [-0.3, -0.25) is 14.3 Å². The van der Waals surface area contributed by atoms with Gasteiger partial charge in [0.1, 0.15) is 5.82 Å². The number of rotatable bonds is 3. The molecule has 0 aliphatic carbocycles. The summed E-state index contributed by atoms with van der Waals surface area (Å²) >= 11 is 0. The summed E-state index contributed by atoms with van der Waals surface area (Å²) in [6, 6.07) is 6.13. The van der Waals surface area contributed by atoms with Gasteiger partial charge in [0, 0.05) is 24.4 Å². The molecule has 1 aromatic carbocycles. The third-order valence-electron chi connectivity index (χ3n) is 3.93. The van der Waals surface area contributed by atoms with Crippen molar-refractivity contribution in [1.29, 1.82) is 0 Å². The minimum absolute atomic E-state index is 0.259. The fraction of sp³-hybridized carbons (Fsp3) is 0.278. The highest BCUT2D eigenvalue weighted by Gasteiger charge is 2.38. The number of nitrogens with zero attached hydrogens (tertiary/aromatic N) is 1. The van der Waals surface area contributed by atoms with Gasteiger partial charge in [-0.25, -0.2) is 14.0 Å². The Morgan fingerprint density at radius 3 is 2.45 bits per heavy atom. The van der Waals surface area contributed by atoms with Gasteiger partial charge in [-0.2, -0.15) is 13.2 Å². The molecule has 156 valence electrons. The van der Waals surface area contributed by atoms with Crippen LogP contribution in [0.3, 0.4) is 0 Å². The van der Waals surface area contributed by atoms with E-state index in [9.17, 15) is 27.2 Å². The van der Waals surface area contributed by atoms with E-state index in [1.807, 2.05) is 6.08 Å². The van der Waals surface area contributed by atoms with E-state index < -0.39 is 23.4 Å². The van der Waals surface area contributed by atoms with Gasteiger partial charge in [0.25, 0.3) is 5.56 Å². The minimum Gasteiger partial charge on any atom is -0.475 e. The monoisotopic (exact) mass is 415 g/mol. The molecule has 1 aromatic heterocycles. The smallest absolute Gasteiger partial charge is 0.475 e. The van der Waals surface area contributed by atoms with E-state index in [2.05, 4.69) is 10.3 Å². The first-order valence-corrected chi connectivity index (χ1v) is 8.36. The molecule has 0 amide bonds. The molecule has 0 atom stereocenters. The molecular formula is C18H17F4N3O4. The minimum atomic E-state index is -5.08. The second kappa shape index (κ2) is 9.32. The molecule has 1 aliphatic heterocycles. The van der Waals surface area contributed by atoms with Crippen LogP contribution in [-0.4, -0.2) is 39.9 Å². The number of alkyl halides is 3. The number of carboxylic acids is 1. The summed E-state index contributed by atoms with van der Waals surface area (Å²) in [4.78, 5) is 33.9. The molecule has 2 aromatic rings. The number of aliphatic carboxylic acids is 1. The number of carboxylic acid groups (broad SMARTS) is 1. The lowest BCUT2D eigenvalue weighted by molar-refractivity contribution is -0.192. The van der Waals surface area contributed by atoms with Crippen LogP contribution in [0.15, 0.2) is 46.1 Å². The molecule has 2 heterocycles. The van der Waals surface area contributed by atoms with Crippen LogP contribution in [0.5, 0.6) is 0 Å². The normalized spacial score (nSPS) is 13.9. The third kappa shape index (κ3) is 6.42. The summed E-state index contributed by atoms with van der Waals surface area (Å²) in [5.41, 5.74) is 1.47. The van der Waals surface area contributed by atoms with Crippen LogP contribution in [0.2, 0.25) is 0 Å². The Balaban J connectivity index is 0.000000370. The van der Waals surface area contributed by atoms with E-state index in [4.69, 9.17) is 9.90 Å². The molecule has 7 nitrogen and oxygen atoms in total. The fourth-order valence-corrected chi connectivity index (χ4v) is 2.55. The SMILES string of the molecule is O=C(O)C(F)(F)F.O=c1ccn(Cc2ccc(F)c(C3=CCNCC3)c2)c(=O)[nH]1. The lowest BCUT2D eigenvalue weighted by Crippen LogP contribution is -2.28. The van der Waals surface area contributed by atoms with Gasteiger partial charge in [-0.15, -0.1) is 0 Å². The zero-order chi connectivity index (χ0) is 21.6. The Morgan fingerprint density at radius 2 is 1.90 bits per heavy atom. The number of hydrogen-bond donors (Lipinski definition) is 3. The van der Waals surface area contributed by atoms with Crippen molar-refractivity contribution in [2.24, 2.45) is 0 Å². The van der Waals surface area contributed by atoms with Gasteiger partial charge < -0.3 is 10.4 Å². The number of aromatic amines is 1. The number of aromatic nitrogens is 2. The van der Waals surface area contributed by atoms with Crippen molar-refractivity contribution in [3.63, 3.8) is 0 Å². The molecule has 0 spiro atoms. The third-order valence-corrected chi connectivity index (χ3v) is 3.93. The highest BCUT2D eigenvalue weighted by Crippen LogP contribution is 2.24. The topological polar surface area (TPSA) is 104 Å². The van der Waals surface area contributed by atoms with Crippen molar-refractivity contribution < 1.29 is 27.5 Å². The predicted octanol–water partition coefficient (Wildman–Crippen LogP) is 1.73. The lowest BCUT2D eigenvalue weighted by Gasteiger charge is -2.16. The van der Waals surface area contributed by atoms with Gasteiger partial charge in [-0.05, 0) is 36.2 Å². The number of nitrogens with one attached hydrogen (secondary N) is 2. The van der Waals surface area contributed by atoms with Crippen LogP contribution in [0.4, 0.5) is 17.6 Å². The standard InChI is InChI=1S/C16H16FN3O2.C2HF3O2/c17-14-2-1-11(9-13(14)12-3-6-18-7-4-12)10-20-8-5-15(21)19-16(20)22;3-2(4,5)1(6)7/h1-3,5,8-9,18H,4,6-7,10H2,(H,19,21,22);(H,6,7). The van der Waals surface area contributed by atoms with Crippen LogP contribution in [0, 0.1) is 5.82 Å². The maximum absolute atomic E-state index is 14.0. The summed E-state index contributed by atoms with van der Waals surface area (Å²) in [6.45, 7) is 1.85. The Bertz CT molecular complexity index is 1020. The first kappa shape index (κ1) is 22.1. The summed E-state index contributed by atoms with van der Waals surface area (Å²) in [5.74, 6) is -3.02. The average Bonchev–Trinajstić information content (AvgIpc) is 2.66. The van der Waals surface area contributed by atoms with E-state index >= 15 is 0 Å². The first-order chi connectivity index (χ1) is 13.6. The van der Waals surface area contributed by atoms with Gasteiger partial charge in [-0.1, -0.05) is 12.1 Å². The van der Waals surface area contributed by atoms with Gasteiger partial charge in [0.05, 0.1) is 6.54 Å². The van der Waals surface area contributed by atoms with Gasteiger partial charge in [0.2, 0.25) is 0 Å². The molecule has 0 radical (unpaired) electrons. The zero-order valence-electron chi connectivity index (χ0n) is 14.9. The van der Waals surface area contributed by atoms with Crippen LogP contribution >= 0.6 is 0 Å².